The molecule has 0 aliphatic heterocycles. The predicted octanol–water partition coefficient (Wildman–Crippen LogP) is 3.98. The van der Waals surface area contributed by atoms with Gasteiger partial charge in [0.05, 0.1) is 18.0 Å². The van der Waals surface area contributed by atoms with Crippen LogP contribution in [0.3, 0.4) is 0 Å². The van der Waals surface area contributed by atoms with Crippen molar-refractivity contribution in [3.05, 3.63) is 65.2 Å². The molecular formula is C22H30N2O3S. The number of nitrogens with one attached hydrogen (secondary N) is 1. The Morgan fingerprint density at radius 3 is 2.07 bits per heavy atom. The molecule has 0 unspecified atom stereocenters. The van der Waals surface area contributed by atoms with Gasteiger partial charge < -0.3 is 5.32 Å². The molecule has 0 radical (unpaired) electrons. The molecule has 0 saturated heterocycles. The lowest BCUT2D eigenvalue weighted by Crippen LogP contribution is -2.49. The smallest absolute Gasteiger partial charge is 0.244 e. The maximum absolute atomic E-state index is 13.0. The highest BCUT2D eigenvalue weighted by Gasteiger charge is 2.32. The molecule has 1 N–H and O–H groups in total. The number of aryl methyl sites for hydroxylation is 2. The minimum absolute atomic E-state index is 0.216. The third-order valence-corrected chi connectivity index (χ3v) is 6.04. The van der Waals surface area contributed by atoms with Crippen LogP contribution in [-0.2, 0) is 21.2 Å². The second-order valence-corrected chi connectivity index (χ2v) is 9.00. The largest absolute Gasteiger partial charge is 0.348 e. The van der Waals surface area contributed by atoms with Crippen LogP contribution < -0.4 is 9.62 Å². The van der Waals surface area contributed by atoms with E-state index in [2.05, 4.69) is 12.2 Å². The van der Waals surface area contributed by atoms with Crippen LogP contribution in [0.15, 0.2) is 48.5 Å². The summed E-state index contributed by atoms with van der Waals surface area (Å²) in [4.78, 5) is 13.0. The number of carbonyl (C=O) groups excluding carboxylic acids is 1. The lowest BCUT2D eigenvalue weighted by atomic mass is 10.0. The van der Waals surface area contributed by atoms with Gasteiger partial charge >= 0.3 is 0 Å². The van der Waals surface area contributed by atoms with Crippen LogP contribution in [0.1, 0.15) is 49.9 Å². The van der Waals surface area contributed by atoms with Crippen molar-refractivity contribution in [3.8, 4) is 0 Å². The fraction of sp³-hybridized carbons (Fsp3) is 0.409. The van der Waals surface area contributed by atoms with Crippen molar-refractivity contribution in [2.24, 2.45) is 0 Å². The second kappa shape index (κ2) is 9.24. The fourth-order valence-electron chi connectivity index (χ4n) is 3.19. The van der Waals surface area contributed by atoms with Crippen LogP contribution in [0, 0.1) is 6.92 Å². The van der Waals surface area contributed by atoms with E-state index in [-0.39, 0.29) is 11.9 Å². The molecule has 2 aromatic rings. The van der Waals surface area contributed by atoms with E-state index in [1.807, 2.05) is 57.2 Å². The number of carbonyl (C=O) groups is 1. The Labute approximate surface area is 168 Å². The molecule has 6 heteroatoms. The molecular weight excluding hydrogens is 372 g/mol. The number of hydrogen-bond donors (Lipinski definition) is 1. The highest BCUT2D eigenvalue weighted by atomic mass is 32.2. The number of hydrogen-bond acceptors (Lipinski definition) is 3. The van der Waals surface area contributed by atoms with E-state index in [0.29, 0.717) is 12.1 Å². The van der Waals surface area contributed by atoms with Gasteiger partial charge in [0.2, 0.25) is 15.9 Å². The quantitative estimate of drug-likeness (QED) is 0.726. The van der Waals surface area contributed by atoms with Gasteiger partial charge in [-0.2, -0.15) is 0 Å². The van der Waals surface area contributed by atoms with E-state index < -0.39 is 16.1 Å². The average molecular weight is 403 g/mol. The molecule has 0 heterocycles. The Kier molecular flexibility index (Phi) is 7.24. The highest BCUT2D eigenvalue weighted by molar-refractivity contribution is 7.92. The number of rotatable bonds is 8. The van der Waals surface area contributed by atoms with Crippen molar-refractivity contribution >= 4 is 21.6 Å². The Hall–Kier alpha value is -2.34. The van der Waals surface area contributed by atoms with Crippen molar-refractivity contribution in [2.45, 2.75) is 52.6 Å². The zero-order valence-corrected chi connectivity index (χ0v) is 18.1. The molecule has 0 bridgehead atoms. The lowest BCUT2D eigenvalue weighted by molar-refractivity contribution is -0.122. The summed E-state index contributed by atoms with van der Waals surface area (Å²) in [5.41, 5.74) is 3.74. The number of sulfonamides is 1. The van der Waals surface area contributed by atoms with Crippen molar-refractivity contribution in [1.29, 1.82) is 0 Å². The van der Waals surface area contributed by atoms with E-state index in [9.17, 15) is 13.2 Å². The normalized spacial score (nSPS) is 13.6. The van der Waals surface area contributed by atoms with E-state index >= 15 is 0 Å². The summed E-state index contributed by atoms with van der Waals surface area (Å²) in [5.74, 6) is -0.305. The summed E-state index contributed by atoms with van der Waals surface area (Å²) < 4.78 is 26.2. The summed E-state index contributed by atoms with van der Waals surface area (Å²) >= 11 is 0. The summed E-state index contributed by atoms with van der Waals surface area (Å²) in [7, 11) is -3.62. The summed E-state index contributed by atoms with van der Waals surface area (Å²) in [6.45, 7) is 7.75. The number of benzene rings is 2. The van der Waals surface area contributed by atoms with E-state index in [0.717, 1.165) is 23.8 Å². The molecule has 2 atom stereocenters. The van der Waals surface area contributed by atoms with Crippen LogP contribution >= 0.6 is 0 Å². The zero-order chi connectivity index (χ0) is 20.9. The molecule has 0 aromatic heterocycles. The van der Waals surface area contributed by atoms with Gasteiger partial charge in [0.25, 0.3) is 0 Å². The molecule has 2 aromatic carbocycles. The molecule has 152 valence electrons. The maximum atomic E-state index is 13.0. The first kappa shape index (κ1) is 22.0. The third-order valence-electron chi connectivity index (χ3n) is 4.86. The number of anilines is 1. The Morgan fingerprint density at radius 2 is 1.61 bits per heavy atom. The van der Waals surface area contributed by atoms with Gasteiger partial charge in [-0.05, 0) is 49.9 Å². The van der Waals surface area contributed by atoms with Crippen molar-refractivity contribution in [1.82, 2.24) is 5.32 Å². The average Bonchev–Trinajstić information content (AvgIpc) is 2.66. The zero-order valence-electron chi connectivity index (χ0n) is 17.3. The number of nitrogens with zero attached hydrogens (tertiary/aromatic N) is 1. The van der Waals surface area contributed by atoms with Crippen LogP contribution in [0.5, 0.6) is 0 Å². The molecule has 1 amide bonds. The predicted molar refractivity (Wildman–Crippen MR) is 115 cm³/mol. The van der Waals surface area contributed by atoms with Gasteiger partial charge in [-0.15, -0.1) is 0 Å². The lowest BCUT2D eigenvalue weighted by Gasteiger charge is -2.31. The van der Waals surface area contributed by atoms with Gasteiger partial charge in [0.1, 0.15) is 6.04 Å². The first-order chi connectivity index (χ1) is 13.2. The standard InChI is InChI=1S/C22H30N2O3S/c1-6-18-10-12-19(13-11-18)17(4)23-22(25)21(7-2)24(28(5,26)27)20-14-8-16(3)9-15-20/h8-15,17,21H,6-7H2,1-5H3,(H,23,25)/t17-,21-/m1/s1. The maximum Gasteiger partial charge on any atom is 0.244 e. The SMILES string of the molecule is CCc1ccc([C@@H](C)NC(=O)[C@@H](CC)N(c2ccc(C)cc2)S(C)(=O)=O)cc1. The van der Waals surface area contributed by atoms with E-state index in [4.69, 9.17) is 0 Å². The molecule has 0 aliphatic rings. The molecule has 2 rings (SSSR count). The topological polar surface area (TPSA) is 66.5 Å². The molecule has 28 heavy (non-hydrogen) atoms. The molecule has 0 spiro atoms. The molecule has 0 aliphatic carbocycles. The van der Waals surface area contributed by atoms with E-state index in [1.54, 1.807) is 12.1 Å². The Balaban J connectivity index is 2.26. The minimum atomic E-state index is -3.62. The third kappa shape index (κ3) is 5.35. The first-order valence-corrected chi connectivity index (χ1v) is 11.5. The monoisotopic (exact) mass is 402 g/mol. The molecule has 0 fully saturated rings. The summed E-state index contributed by atoms with van der Waals surface area (Å²) in [6, 6.07) is 14.2. The van der Waals surface area contributed by atoms with Crippen LogP contribution in [-0.4, -0.2) is 26.6 Å². The number of amides is 1. The fourth-order valence-corrected chi connectivity index (χ4v) is 4.40. The van der Waals surface area contributed by atoms with E-state index in [1.165, 1.54) is 9.87 Å². The van der Waals surface area contributed by atoms with Gasteiger partial charge in [-0.3, -0.25) is 9.10 Å². The first-order valence-electron chi connectivity index (χ1n) is 9.62. The van der Waals surface area contributed by atoms with Crippen molar-refractivity contribution in [2.75, 3.05) is 10.6 Å². The van der Waals surface area contributed by atoms with Gasteiger partial charge in [0.15, 0.2) is 0 Å². The van der Waals surface area contributed by atoms with Gasteiger partial charge in [-0.1, -0.05) is 55.8 Å². The molecule has 5 nitrogen and oxygen atoms in total. The summed E-state index contributed by atoms with van der Waals surface area (Å²) in [5, 5.41) is 2.97. The van der Waals surface area contributed by atoms with Crippen molar-refractivity contribution < 1.29 is 13.2 Å². The van der Waals surface area contributed by atoms with Crippen molar-refractivity contribution in [3.63, 3.8) is 0 Å². The van der Waals surface area contributed by atoms with Crippen LogP contribution in [0.25, 0.3) is 0 Å². The Bertz CT molecular complexity index is 890. The van der Waals surface area contributed by atoms with Gasteiger partial charge in [0, 0.05) is 0 Å². The Morgan fingerprint density at radius 1 is 1.04 bits per heavy atom. The van der Waals surface area contributed by atoms with Crippen LogP contribution in [0.4, 0.5) is 5.69 Å². The second-order valence-electron chi connectivity index (χ2n) is 7.14. The highest BCUT2D eigenvalue weighted by Crippen LogP contribution is 2.24. The van der Waals surface area contributed by atoms with Crippen LogP contribution in [0.2, 0.25) is 0 Å². The molecule has 0 saturated carbocycles. The minimum Gasteiger partial charge on any atom is -0.348 e. The summed E-state index contributed by atoms with van der Waals surface area (Å²) in [6.07, 6.45) is 2.46. The van der Waals surface area contributed by atoms with Gasteiger partial charge in [-0.25, -0.2) is 8.42 Å².